The van der Waals surface area contributed by atoms with Gasteiger partial charge in [-0.2, -0.15) is 5.26 Å². The molecule has 1 aromatic carbocycles. The Bertz CT molecular complexity index is 663. The van der Waals surface area contributed by atoms with E-state index in [-0.39, 0.29) is 0 Å². The number of pyridine rings is 1. The van der Waals surface area contributed by atoms with Gasteiger partial charge >= 0.3 is 0 Å². The summed E-state index contributed by atoms with van der Waals surface area (Å²) in [4.78, 5) is 4.30. The van der Waals surface area contributed by atoms with E-state index in [2.05, 4.69) is 10.3 Å². The monoisotopic (exact) mass is 273 g/mol. The van der Waals surface area contributed by atoms with Gasteiger partial charge in [0.05, 0.1) is 11.3 Å². The van der Waals surface area contributed by atoms with E-state index in [0.717, 1.165) is 18.6 Å². The van der Waals surface area contributed by atoms with E-state index >= 15 is 0 Å². The second kappa shape index (κ2) is 6.11. The molecular formula is C15H13F2N3. The Hall–Kier alpha value is -2.48. The molecule has 0 aliphatic heterocycles. The van der Waals surface area contributed by atoms with Gasteiger partial charge in [-0.25, -0.2) is 13.8 Å². The van der Waals surface area contributed by atoms with Crippen LogP contribution in [-0.4, -0.2) is 11.5 Å². The summed E-state index contributed by atoms with van der Waals surface area (Å²) in [7, 11) is 0. The maximum atomic E-state index is 13.2. The molecule has 1 heterocycles. The highest BCUT2D eigenvalue weighted by Gasteiger charge is 2.09. The molecule has 0 amide bonds. The number of benzene rings is 1. The third kappa shape index (κ3) is 2.91. The highest BCUT2D eigenvalue weighted by Crippen LogP contribution is 2.23. The molecule has 3 nitrogen and oxygen atoms in total. The molecule has 0 bridgehead atoms. The van der Waals surface area contributed by atoms with Gasteiger partial charge in [0.25, 0.3) is 0 Å². The molecule has 2 aromatic rings. The van der Waals surface area contributed by atoms with Gasteiger partial charge in [0.15, 0.2) is 11.6 Å². The smallest absolute Gasteiger partial charge is 0.159 e. The van der Waals surface area contributed by atoms with Crippen molar-refractivity contribution in [2.24, 2.45) is 0 Å². The fourth-order valence-electron chi connectivity index (χ4n) is 1.74. The zero-order valence-electron chi connectivity index (χ0n) is 11.0. The summed E-state index contributed by atoms with van der Waals surface area (Å²) < 4.78 is 26.2. The minimum absolute atomic E-state index is 0.421. The van der Waals surface area contributed by atoms with Gasteiger partial charge in [-0.15, -0.1) is 0 Å². The average molecular weight is 273 g/mol. The quantitative estimate of drug-likeness (QED) is 0.923. The molecule has 0 fully saturated rings. The Morgan fingerprint density at radius 3 is 2.65 bits per heavy atom. The number of hydrogen-bond donors (Lipinski definition) is 1. The van der Waals surface area contributed by atoms with Gasteiger partial charge in [-0.05, 0) is 36.8 Å². The fourth-order valence-corrected chi connectivity index (χ4v) is 1.74. The lowest BCUT2D eigenvalue weighted by Crippen LogP contribution is -2.04. The Kier molecular flexibility index (Phi) is 4.26. The van der Waals surface area contributed by atoms with E-state index in [4.69, 9.17) is 5.26 Å². The zero-order chi connectivity index (χ0) is 14.5. The largest absolute Gasteiger partial charge is 0.369 e. The number of aromatic nitrogens is 1. The normalized spacial score (nSPS) is 10.1. The molecule has 1 N–H and O–H groups in total. The Morgan fingerprint density at radius 1 is 1.20 bits per heavy atom. The first kappa shape index (κ1) is 13.9. The summed E-state index contributed by atoms with van der Waals surface area (Å²) in [5.41, 5.74) is 1.37. The summed E-state index contributed by atoms with van der Waals surface area (Å²) >= 11 is 0. The maximum Gasteiger partial charge on any atom is 0.159 e. The SMILES string of the molecule is CCCNc1nc(-c2ccc(F)c(F)c2)ccc1C#N. The molecule has 2 rings (SSSR count). The third-order valence-electron chi connectivity index (χ3n) is 2.77. The van der Waals surface area contributed by atoms with Gasteiger partial charge < -0.3 is 5.32 Å². The van der Waals surface area contributed by atoms with Crippen molar-refractivity contribution in [1.82, 2.24) is 4.98 Å². The van der Waals surface area contributed by atoms with Gasteiger partial charge in [0.2, 0.25) is 0 Å². The molecule has 5 heteroatoms. The minimum Gasteiger partial charge on any atom is -0.369 e. The van der Waals surface area contributed by atoms with Crippen LogP contribution in [0.15, 0.2) is 30.3 Å². The lowest BCUT2D eigenvalue weighted by atomic mass is 10.1. The van der Waals surface area contributed by atoms with Crippen molar-refractivity contribution in [3.05, 3.63) is 47.5 Å². The number of nitrogens with one attached hydrogen (secondary N) is 1. The van der Waals surface area contributed by atoms with Crippen LogP contribution in [0, 0.1) is 23.0 Å². The predicted molar refractivity (Wildman–Crippen MR) is 73.1 cm³/mol. The topological polar surface area (TPSA) is 48.7 Å². The summed E-state index contributed by atoms with van der Waals surface area (Å²) in [5, 5.41) is 12.1. The van der Waals surface area contributed by atoms with Gasteiger partial charge in [0.1, 0.15) is 11.9 Å². The number of nitrogens with zero attached hydrogens (tertiary/aromatic N) is 2. The van der Waals surface area contributed by atoms with Gasteiger partial charge in [-0.1, -0.05) is 6.92 Å². The van der Waals surface area contributed by atoms with Crippen molar-refractivity contribution in [2.75, 3.05) is 11.9 Å². The number of anilines is 1. The molecule has 0 spiro atoms. The molecule has 0 radical (unpaired) electrons. The fraction of sp³-hybridized carbons (Fsp3) is 0.200. The first-order valence-corrected chi connectivity index (χ1v) is 6.26. The number of hydrogen-bond acceptors (Lipinski definition) is 3. The van der Waals surface area contributed by atoms with Crippen molar-refractivity contribution >= 4 is 5.82 Å². The summed E-state index contributed by atoms with van der Waals surface area (Å²) in [6, 6.07) is 8.88. The van der Waals surface area contributed by atoms with Crippen molar-refractivity contribution in [2.45, 2.75) is 13.3 Å². The van der Waals surface area contributed by atoms with Crippen LogP contribution in [0.1, 0.15) is 18.9 Å². The summed E-state index contributed by atoms with van der Waals surface area (Å²) in [5.74, 6) is -1.36. The van der Waals surface area contributed by atoms with E-state index in [0.29, 0.717) is 29.2 Å². The standard InChI is InChI=1S/C15H13F2N3/c1-2-7-19-15-11(9-18)4-6-14(20-15)10-3-5-12(16)13(17)8-10/h3-6,8H,2,7H2,1H3,(H,19,20). The number of halogens is 2. The van der Waals surface area contributed by atoms with Crippen molar-refractivity contribution in [3.63, 3.8) is 0 Å². The van der Waals surface area contributed by atoms with Crippen molar-refractivity contribution < 1.29 is 8.78 Å². The molecule has 0 saturated heterocycles. The summed E-state index contributed by atoms with van der Waals surface area (Å²) in [6.07, 6.45) is 0.891. The van der Waals surface area contributed by atoms with E-state index in [1.165, 1.54) is 6.07 Å². The first-order valence-electron chi connectivity index (χ1n) is 6.26. The second-order valence-electron chi connectivity index (χ2n) is 4.26. The highest BCUT2D eigenvalue weighted by atomic mass is 19.2. The molecule has 0 aliphatic carbocycles. The molecule has 0 saturated carbocycles. The molecule has 102 valence electrons. The molecule has 1 aromatic heterocycles. The number of nitriles is 1. The van der Waals surface area contributed by atoms with E-state index < -0.39 is 11.6 Å². The minimum atomic E-state index is -0.920. The maximum absolute atomic E-state index is 13.2. The second-order valence-corrected chi connectivity index (χ2v) is 4.26. The van der Waals surface area contributed by atoms with Gasteiger partial charge in [0, 0.05) is 12.1 Å². The third-order valence-corrected chi connectivity index (χ3v) is 2.77. The van der Waals surface area contributed by atoms with Crippen LogP contribution in [0.3, 0.4) is 0 Å². The highest BCUT2D eigenvalue weighted by molar-refractivity contribution is 5.64. The van der Waals surface area contributed by atoms with Crippen molar-refractivity contribution in [3.8, 4) is 17.3 Å². The van der Waals surface area contributed by atoms with Crippen LogP contribution in [0.5, 0.6) is 0 Å². The lowest BCUT2D eigenvalue weighted by Gasteiger charge is -2.08. The average Bonchev–Trinajstić information content (AvgIpc) is 2.47. The van der Waals surface area contributed by atoms with Crippen LogP contribution in [0.2, 0.25) is 0 Å². The first-order chi connectivity index (χ1) is 9.65. The van der Waals surface area contributed by atoms with Crippen LogP contribution < -0.4 is 5.32 Å². The molecule has 0 aliphatic rings. The van der Waals surface area contributed by atoms with Crippen molar-refractivity contribution in [1.29, 1.82) is 5.26 Å². The Morgan fingerprint density at radius 2 is 2.00 bits per heavy atom. The molecule has 20 heavy (non-hydrogen) atoms. The van der Waals surface area contributed by atoms with Gasteiger partial charge in [-0.3, -0.25) is 0 Å². The molecular weight excluding hydrogens is 260 g/mol. The van der Waals surface area contributed by atoms with Crippen LogP contribution in [0.4, 0.5) is 14.6 Å². The number of rotatable bonds is 4. The van der Waals surface area contributed by atoms with Crippen LogP contribution in [-0.2, 0) is 0 Å². The lowest BCUT2D eigenvalue weighted by molar-refractivity contribution is 0.509. The van der Waals surface area contributed by atoms with E-state index in [9.17, 15) is 8.78 Å². The van der Waals surface area contributed by atoms with E-state index in [1.807, 2.05) is 13.0 Å². The molecule has 0 atom stereocenters. The predicted octanol–water partition coefficient (Wildman–Crippen LogP) is 3.72. The summed E-state index contributed by atoms with van der Waals surface area (Å²) in [6.45, 7) is 2.68. The van der Waals surface area contributed by atoms with Crippen LogP contribution in [0.25, 0.3) is 11.3 Å². The Balaban J connectivity index is 2.42. The zero-order valence-corrected chi connectivity index (χ0v) is 11.0. The Labute approximate surface area is 115 Å². The molecule has 0 unspecified atom stereocenters. The van der Waals surface area contributed by atoms with Crippen LogP contribution >= 0.6 is 0 Å². The van der Waals surface area contributed by atoms with E-state index in [1.54, 1.807) is 12.1 Å².